The molecule has 0 saturated carbocycles. The van der Waals surface area contributed by atoms with Gasteiger partial charge in [0.25, 0.3) is 0 Å². The van der Waals surface area contributed by atoms with E-state index in [0.29, 0.717) is 23.6 Å². The van der Waals surface area contributed by atoms with Crippen LogP contribution in [0.25, 0.3) is 0 Å². The fraction of sp³-hybridized carbons (Fsp3) is 0.385. The predicted molar refractivity (Wildman–Crippen MR) is 76.0 cm³/mol. The van der Waals surface area contributed by atoms with Crippen molar-refractivity contribution in [3.63, 3.8) is 0 Å². The molecule has 2 fully saturated rings. The van der Waals surface area contributed by atoms with Gasteiger partial charge in [-0.25, -0.2) is 8.42 Å². The second-order valence-corrected chi connectivity index (χ2v) is 7.33. The maximum absolute atomic E-state index is 12.4. The van der Waals surface area contributed by atoms with Crippen LogP contribution in [0.4, 0.5) is 0 Å². The number of fused-ring (bicyclic) bond motifs is 1. The van der Waals surface area contributed by atoms with Crippen LogP contribution in [0.1, 0.15) is 0 Å². The molecular formula is C13H18BNO4S. The van der Waals surface area contributed by atoms with E-state index in [1.54, 1.807) is 30.3 Å². The van der Waals surface area contributed by atoms with Crippen molar-refractivity contribution in [3.05, 3.63) is 42.4 Å². The van der Waals surface area contributed by atoms with E-state index in [-0.39, 0.29) is 5.75 Å². The van der Waals surface area contributed by atoms with Crippen LogP contribution in [0.5, 0.6) is 0 Å². The summed E-state index contributed by atoms with van der Waals surface area (Å²) in [5.41, 5.74) is 0.541. The Hall–Kier alpha value is -1.15. The molecule has 2 saturated heterocycles. The van der Waals surface area contributed by atoms with Gasteiger partial charge in [0.15, 0.2) is 9.84 Å². The van der Waals surface area contributed by atoms with Crippen molar-refractivity contribution in [2.45, 2.75) is 4.90 Å². The quantitative estimate of drug-likeness (QED) is 0.757. The molecule has 0 aliphatic carbocycles. The molecule has 0 spiro atoms. The van der Waals surface area contributed by atoms with E-state index in [1.165, 1.54) is 4.81 Å². The Labute approximate surface area is 119 Å². The molecule has 2 aliphatic heterocycles. The van der Waals surface area contributed by atoms with Crippen LogP contribution in [-0.2, 0) is 19.1 Å². The first-order valence-electron chi connectivity index (χ1n) is 6.78. The van der Waals surface area contributed by atoms with Crippen LogP contribution in [0.2, 0.25) is 0 Å². The molecule has 0 radical (unpaired) electrons. The molecule has 108 valence electrons. The number of benzene rings is 1. The first-order valence-corrected chi connectivity index (χ1v) is 8.43. The second kappa shape index (κ2) is 5.00. The van der Waals surface area contributed by atoms with E-state index in [2.05, 4.69) is 6.58 Å². The Kier molecular flexibility index (Phi) is 3.45. The van der Waals surface area contributed by atoms with Crippen LogP contribution < -0.4 is 4.81 Å². The average Bonchev–Trinajstić information content (AvgIpc) is 2.99. The Morgan fingerprint density at radius 1 is 1.20 bits per heavy atom. The summed E-state index contributed by atoms with van der Waals surface area (Å²) in [7, 11) is -3.40. The van der Waals surface area contributed by atoms with Gasteiger partial charge in [-0.3, -0.25) is 0 Å². The van der Waals surface area contributed by atoms with Crippen LogP contribution in [-0.4, -0.2) is 47.2 Å². The van der Waals surface area contributed by atoms with Crippen LogP contribution in [0.15, 0.2) is 47.3 Å². The first kappa shape index (κ1) is 13.8. The third-order valence-electron chi connectivity index (χ3n) is 4.10. The van der Waals surface area contributed by atoms with Gasteiger partial charge < -0.3 is 14.1 Å². The Balaban J connectivity index is 1.83. The smallest absolute Gasteiger partial charge is 0.497 e. The van der Waals surface area contributed by atoms with Gasteiger partial charge in [-0.15, -0.1) is 6.58 Å². The minimum atomic E-state index is -3.40. The highest BCUT2D eigenvalue weighted by molar-refractivity contribution is 7.91. The molecule has 3 rings (SSSR count). The SMILES string of the molecule is C=C(CS(=O)(=O)c1ccccc1)[B-]12OCC[NH+]1CCO2. The highest BCUT2D eigenvalue weighted by atomic mass is 32.2. The summed E-state index contributed by atoms with van der Waals surface area (Å²) >= 11 is 0. The largest absolute Gasteiger partial charge is 0.506 e. The number of sulfone groups is 1. The lowest BCUT2D eigenvalue weighted by atomic mass is 9.64. The van der Waals surface area contributed by atoms with Gasteiger partial charge in [-0.1, -0.05) is 23.7 Å². The molecule has 7 heteroatoms. The topological polar surface area (TPSA) is 57.0 Å². The average molecular weight is 295 g/mol. The summed E-state index contributed by atoms with van der Waals surface area (Å²) in [5.74, 6) is -0.124. The van der Waals surface area contributed by atoms with E-state index >= 15 is 0 Å². The number of quaternary nitrogens is 1. The van der Waals surface area contributed by atoms with Crippen molar-refractivity contribution in [2.75, 3.05) is 32.1 Å². The van der Waals surface area contributed by atoms with Crippen LogP contribution >= 0.6 is 0 Å². The predicted octanol–water partition coefficient (Wildman–Crippen LogP) is -0.560. The first-order chi connectivity index (χ1) is 9.55. The van der Waals surface area contributed by atoms with E-state index in [4.69, 9.17) is 9.31 Å². The number of hydrogen-bond acceptors (Lipinski definition) is 4. The standard InChI is InChI=1S/C13H18BNO4S/c1-12(14-15(7-9-18-14)8-10-19-14)11-20(16,17)13-5-3-2-4-6-13/h2-6,15H,1,7-11H2. The fourth-order valence-electron chi connectivity index (χ4n) is 3.09. The molecule has 1 N–H and O–H groups in total. The molecule has 0 unspecified atom stereocenters. The van der Waals surface area contributed by atoms with E-state index in [9.17, 15) is 8.42 Å². The molecule has 0 bridgehead atoms. The van der Waals surface area contributed by atoms with Crippen molar-refractivity contribution in [1.82, 2.24) is 0 Å². The van der Waals surface area contributed by atoms with E-state index < -0.39 is 16.5 Å². The van der Waals surface area contributed by atoms with Gasteiger partial charge in [0, 0.05) is 0 Å². The van der Waals surface area contributed by atoms with Gasteiger partial charge in [0.05, 0.1) is 37.0 Å². The highest BCUT2D eigenvalue weighted by Gasteiger charge is 2.52. The van der Waals surface area contributed by atoms with Crippen molar-refractivity contribution in [2.24, 2.45) is 0 Å². The summed E-state index contributed by atoms with van der Waals surface area (Å²) in [6.07, 6.45) is 0. The lowest BCUT2D eigenvalue weighted by Crippen LogP contribution is -3.19. The summed E-state index contributed by atoms with van der Waals surface area (Å²) in [4.78, 5) is 1.49. The molecule has 2 heterocycles. The number of nitrogens with one attached hydrogen (secondary N) is 1. The van der Waals surface area contributed by atoms with Gasteiger partial charge in [0.1, 0.15) is 0 Å². The molecule has 2 aliphatic rings. The summed E-state index contributed by atoms with van der Waals surface area (Å²) < 4.78 is 36.3. The van der Waals surface area contributed by atoms with Gasteiger partial charge in [-0.05, 0) is 12.1 Å². The molecule has 20 heavy (non-hydrogen) atoms. The Morgan fingerprint density at radius 3 is 2.40 bits per heavy atom. The van der Waals surface area contributed by atoms with Gasteiger partial charge >= 0.3 is 6.69 Å². The van der Waals surface area contributed by atoms with Crippen LogP contribution in [0.3, 0.4) is 0 Å². The number of rotatable bonds is 4. The molecule has 0 aromatic heterocycles. The Bertz CT molecular complexity index is 607. The summed E-state index contributed by atoms with van der Waals surface area (Å²) in [5, 5.41) is 0. The van der Waals surface area contributed by atoms with Gasteiger partial charge in [-0.2, -0.15) is 0 Å². The van der Waals surface area contributed by atoms with E-state index in [1.807, 2.05) is 0 Å². The van der Waals surface area contributed by atoms with Crippen LogP contribution in [0, 0.1) is 0 Å². The van der Waals surface area contributed by atoms with Crippen molar-refractivity contribution >= 4 is 16.5 Å². The van der Waals surface area contributed by atoms with Crippen molar-refractivity contribution in [1.29, 1.82) is 0 Å². The summed E-state index contributed by atoms with van der Waals surface area (Å²) in [6.45, 7) is 5.16. The van der Waals surface area contributed by atoms with Crippen molar-refractivity contribution in [3.8, 4) is 0 Å². The highest BCUT2D eigenvalue weighted by Crippen LogP contribution is 2.21. The van der Waals surface area contributed by atoms with E-state index in [0.717, 1.165) is 13.1 Å². The fourth-order valence-corrected chi connectivity index (χ4v) is 4.54. The molecule has 0 atom stereocenters. The number of hydrogen-bond donors (Lipinski definition) is 1. The summed E-state index contributed by atoms with van der Waals surface area (Å²) in [6, 6.07) is 8.43. The minimum absolute atomic E-state index is 0.124. The molecule has 0 amide bonds. The van der Waals surface area contributed by atoms with Crippen molar-refractivity contribution < 1.29 is 22.5 Å². The normalized spacial score (nSPS) is 29.3. The lowest BCUT2D eigenvalue weighted by Gasteiger charge is -2.33. The zero-order valence-corrected chi connectivity index (χ0v) is 12.1. The molecule has 1 aromatic rings. The lowest BCUT2D eigenvalue weighted by molar-refractivity contribution is -0.782. The maximum atomic E-state index is 12.4. The monoisotopic (exact) mass is 295 g/mol. The maximum Gasteiger partial charge on any atom is 0.497 e. The molecular weight excluding hydrogens is 277 g/mol. The van der Waals surface area contributed by atoms with Gasteiger partial charge in [0.2, 0.25) is 0 Å². The second-order valence-electron chi connectivity index (χ2n) is 5.34. The molecule has 1 aromatic carbocycles. The zero-order chi connectivity index (χ0) is 14.2. The zero-order valence-electron chi connectivity index (χ0n) is 11.2. The Morgan fingerprint density at radius 2 is 1.80 bits per heavy atom. The third kappa shape index (κ3) is 2.20. The minimum Gasteiger partial charge on any atom is -0.506 e. The third-order valence-corrected chi connectivity index (χ3v) is 5.85. The molecule has 5 nitrogen and oxygen atoms in total.